The molecule has 1 aromatic rings. The molecule has 21 heavy (non-hydrogen) atoms. The maximum absolute atomic E-state index is 12.6. The molecule has 0 bridgehead atoms. The monoisotopic (exact) mass is 303 g/mol. The molecule has 1 aliphatic carbocycles. The largest absolute Gasteiger partial charge is 0.433 e. The Bertz CT molecular complexity index is 507. The van der Waals surface area contributed by atoms with Crippen molar-refractivity contribution in [3.05, 3.63) is 18.0 Å². The van der Waals surface area contributed by atoms with E-state index < -0.39 is 17.5 Å². The van der Waals surface area contributed by atoms with Crippen molar-refractivity contribution in [1.82, 2.24) is 4.98 Å². The predicted molar refractivity (Wildman–Crippen MR) is 74.7 cm³/mol. The lowest BCUT2D eigenvalue weighted by Crippen LogP contribution is -2.41. The molecule has 4 nitrogen and oxygen atoms in total. The van der Waals surface area contributed by atoms with Gasteiger partial charge in [-0.25, -0.2) is 4.98 Å². The fraction of sp³-hybridized carbons (Fsp3) is 0.643. The second-order valence-electron chi connectivity index (χ2n) is 5.93. The van der Waals surface area contributed by atoms with Crippen LogP contribution in [0.3, 0.4) is 0 Å². The number of pyridine rings is 1. The minimum absolute atomic E-state index is 0.135. The Morgan fingerprint density at radius 3 is 2.86 bits per heavy atom. The highest BCUT2D eigenvalue weighted by atomic mass is 19.4. The summed E-state index contributed by atoms with van der Waals surface area (Å²) in [6, 6.07) is 0.880. The number of hydrogen-bond donors (Lipinski definition) is 3. The number of aliphatic hydroxyl groups is 1. The van der Waals surface area contributed by atoms with Crippen LogP contribution in [0.2, 0.25) is 0 Å². The zero-order valence-corrected chi connectivity index (χ0v) is 11.9. The van der Waals surface area contributed by atoms with Crippen molar-refractivity contribution < 1.29 is 18.3 Å². The fourth-order valence-electron chi connectivity index (χ4n) is 2.83. The van der Waals surface area contributed by atoms with E-state index in [-0.39, 0.29) is 17.9 Å². The van der Waals surface area contributed by atoms with E-state index in [2.05, 4.69) is 17.2 Å². The van der Waals surface area contributed by atoms with Gasteiger partial charge in [-0.3, -0.25) is 0 Å². The van der Waals surface area contributed by atoms with Crippen molar-refractivity contribution in [2.45, 2.75) is 44.4 Å². The molecule has 118 valence electrons. The van der Waals surface area contributed by atoms with Crippen LogP contribution in [-0.2, 0) is 6.18 Å². The highest BCUT2D eigenvalue weighted by Crippen LogP contribution is 2.34. The minimum Gasteiger partial charge on any atom is -0.396 e. The summed E-state index contributed by atoms with van der Waals surface area (Å²) in [6.07, 6.45) is -0.269. The zero-order chi connectivity index (χ0) is 15.7. The Balaban J connectivity index is 2.09. The van der Waals surface area contributed by atoms with Crippen molar-refractivity contribution in [1.29, 1.82) is 0 Å². The number of nitrogen functional groups attached to an aromatic ring is 1. The number of rotatable bonds is 3. The molecule has 2 atom stereocenters. The Hall–Kier alpha value is -1.50. The first-order valence-corrected chi connectivity index (χ1v) is 6.99. The van der Waals surface area contributed by atoms with Crippen molar-refractivity contribution in [3.63, 3.8) is 0 Å². The number of aromatic nitrogens is 1. The van der Waals surface area contributed by atoms with E-state index in [0.717, 1.165) is 25.1 Å². The Kier molecular flexibility index (Phi) is 4.32. The molecular formula is C14H20F3N3O. The fourth-order valence-corrected chi connectivity index (χ4v) is 2.83. The van der Waals surface area contributed by atoms with Crippen LogP contribution in [-0.4, -0.2) is 22.2 Å². The van der Waals surface area contributed by atoms with Crippen LogP contribution in [0, 0.1) is 5.92 Å². The van der Waals surface area contributed by atoms with E-state index in [4.69, 9.17) is 5.73 Å². The number of alkyl halides is 3. The van der Waals surface area contributed by atoms with E-state index in [0.29, 0.717) is 18.8 Å². The summed E-state index contributed by atoms with van der Waals surface area (Å²) in [5, 5.41) is 13.3. The van der Waals surface area contributed by atoms with Gasteiger partial charge >= 0.3 is 6.18 Å². The van der Waals surface area contributed by atoms with Gasteiger partial charge in [0.2, 0.25) is 0 Å². The number of halogens is 3. The molecule has 0 saturated heterocycles. The van der Waals surface area contributed by atoms with Gasteiger partial charge in [-0.15, -0.1) is 0 Å². The van der Waals surface area contributed by atoms with Gasteiger partial charge in [0.25, 0.3) is 0 Å². The molecule has 7 heteroatoms. The zero-order valence-electron chi connectivity index (χ0n) is 11.9. The third-order valence-corrected chi connectivity index (χ3v) is 3.90. The molecule has 0 spiro atoms. The third kappa shape index (κ3) is 4.00. The highest BCUT2D eigenvalue weighted by molar-refractivity contribution is 5.65. The number of anilines is 2. The van der Waals surface area contributed by atoms with Crippen molar-refractivity contribution in [2.75, 3.05) is 17.6 Å². The molecule has 2 rings (SSSR count). The van der Waals surface area contributed by atoms with E-state index in [1.54, 1.807) is 0 Å². The van der Waals surface area contributed by atoms with Crippen LogP contribution >= 0.6 is 0 Å². The summed E-state index contributed by atoms with van der Waals surface area (Å²) in [5.74, 6) is 0.408. The molecule has 0 aromatic carbocycles. The molecule has 1 saturated carbocycles. The van der Waals surface area contributed by atoms with E-state index >= 15 is 0 Å². The first-order valence-electron chi connectivity index (χ1n) is 6.99. The normalized spacial score (nSPS) is 26.6. The van der Waals surface area contributed by atoms with E-state index in [1.807, 2.05) is 0 Å². The second kappa shape index (κ2) is 5.71. The van der Waals surface area contributed by atoms with Crippen molar-refractivity contribution in [2.24, 2.45) is 5.92 Å². The second-order valence-corrected chi connectivity index (χ2v) is 5.93. The lowest BCUT2D eigenvalue weighted by Gasteiger charge is -2.36. The quantitative estimate of drug-likeness (QED) is 0.802. The van der Waals surface area contributed by atoms with Gasteiger partial charge in [0.15, 0.2) is 0 Å². The lowest BCUT2D eigenvalue weighted by molar-refractivity contribution is -0.141. The van der Waals surface area contributed by atoms with E-state index in [9.17, 15) is 18.3 Å². The van der Waals surface area contributed by atoms with Gasteiger partial charge in [-0.2, -0.15) is 13.2 Å². The standard InChI is InChI=1S/C14H20F3N3O/c1-9-3-2-4-13(21,6-9)8-20-11-5-12(14(15,16)17)19-7-10(11)18/h5,7,9,21H,2-4,6,8,18H2,1H3,(H,19,20). The van der Waals surface area contributed by atoms with Gasteiger partial charge in [0.05, 0.1) is 23.2 Å². The molecule has 0 amide bonds. The number of hydrogen-bond acceptors (Lipinski definition) is 4. The van der Waals surface area contributed by atoms with Crippen LogP contribution in [0.5, 0.6) is 0 Å². The van der Waals surface area contributed by atoms with Gasteiger partial charge in [-0.1, -0.05) is 19.8 Å². The van der Waals surface area contributed by atoms with Crippen molar-refractivity contribution >= 4 is 11.4 Å². The predicted octanol–water partition coefficient (Wildman–Crippen LogP) is 3.04. The first kappa shape index (κ1) is 15.9. The van der Waals surface area contributed by atoms with Gasteiger partial charge in [0, 0.05) is 6.54 Å². The van der Waals surface area contributed by atoms with Crippen molar-refractivity contribution in [3.8, 4) is 0 Å². The summed E-state index contributed by atoms with van der Waals surface area (Å²) in [4.78, 5) is 3.28. The highest BCUT2D eigenvalue weighted by Gasteiger charge is 2.34. The minimum atomic E-state index is -4.51. The van der Waals surface area contributed by atoms with Crippen LogP contribution in [0.25, 0.3) is 0 Å². The summed E-state index contributed by atoms with van der Waals surface area (Å²) < 4.78 is 37.9. The number of nitrogens with one attached hydrogen (secondary N) is 1. The van der Waals surface area contributed by atoms with E-state index in [1.165, 1.54) is 0 Å². The summed E-state index contributed by atoms with van der Waals surface area (Å²) in [5.41, 5.74) is 4.04. The molecule has 1 aromatic heterocycles. The summed E-state index contributed by atoms with van der Waals surface area (Å²) in [7, 11) is 0. The molecule has 1 fully saturated rings. The van der Waals surface area contributed by atoms with Crippen LogP contribution in [0.4, 0.5) is 24.5 Å². The maximum Gasteiger partial charge on any atom is 0.433 e. The Morgan fingerprint density at radius 1 is 1.52 bits per heavy atom. The molecular weight excluding hydrogens is 283 g/mol. The Morgan fingerprint density at radius 2 is 2.24 bits per heavy atom. The molecule has 0 aliphatic heterocycles. The number of nitrogens with two attached hydrogens (primary N) is 1. The average Bonchev–Trinajstić information content (AvgIpc) is 2.36. The molecule has 2 unspecified atom stereocenters. The molecule has 1 heterocycles. The van der Waals surface area contributed by atoms with Gasteiger partial charge in [0.1, 0.15) is 5.69 Å². The maximum atomic E-state index is 12.6. The van der Waals surface area contributed by atoms with Crippen LogP contribution < -0.4 is 11.1 Å². The molecule has 4 N–H and O–H groups in total. The average molecular weight is 303 g/mol. The Labute approximate surface area is 121 Å². The molecule has 1 aliphatic rings. The summed E-state index contributed by atoms with van der Waals surface area (Å²) >= 11 is 0. The summed E-state index contributed by atoms with van der Waals surface area (Å²) in [6.45, 7) is 2.25. The topological polar surface area (TPSA) is 71.2 Å². The SMILES string of the molecule is CC1CCCC(O)(CNc2cc(C(F)(F)F)ncc2N)C1. The van der Waals surface area contributed by atoms with Crippen LogP contribution in [0.1, 0.15) is 38.3 Å². The third-order valence-electron chi connectivity index (χ3n) is 3.90. The first-order chi connectivity index (χ1) is 9.70. The number of nitrogens with zero attached hydrogens (tertiary/aromatic N) is 1. The lowest BCUT2D eigenvalue weighted by atomic mass is 9.79. The van der Waals surface area contributed by atoms with Gasteiger partial charge < -0.3 is 16.2 Å². The van der Waals surface area contributed by atoms with Gasteiger partial charge in [-0.05, 0) is 24.8 Å². The molecule has 0 radical (unpaired) electrons. The van der Waals surface area contributed by atoms with Crippen LogP contribution in [0.15, 0.2) is 12.3 Å². The smallest absolute Gasteiger partial charge is 0.396 e.